The molecule has 0 spiro atoms. The van der Waals surface area contributed by atoms with Crippen LogP contribution in [0.25, 0.3) is 0 Å². The van der Waals surface area contributed by atoms with Crippen molar-refractivity contribution in [1.82, 2.24) is 4.72 Å². The van der Waals surface area contributed by atoms with Crippen LogP contribution in [-0.2, 0) is 16.2 Å². The third-order valence-electron chi connectivity index (χ3n) is 4.98. The third kappa shape index (κ3) is 5.01. The van der Waals surface area contributed by atoms with Crippen molar-refractivity contribution in [3.8, 4) is 0 Å². The van der Waals surface area contributed by atoms with Crippen LogP contribution in [0.3, 0.4) is 0 Å². The molecule has 0 unspecified atom stereocenters. The highest BCUT2D eigenvalue weighted by atomic mass is 127. The fourth-order valence-electron chi connectivity index (χ4n) is 3.03. The van der Waals surface area contributed by atoms with Crippen molar-refractivity contribution in [1.29, 1.82) is 0 Å². The summed E-state index contributed by atoms with van der Waals surface area (Å²) in [7, 11) is -4.42. The van der Waals surface area contributed by atoms with Crippen LogP contribution in [0.1, 0.15) is 32.3 Å². The highest BCUT2D eigenvalue weighted by molar-refractivity contribution is 14.1. The van der Waals surface area contributed by atoms with Crippen molar-refractivity contribution >= 4 is 67.2 Å². The van der Waals surface area contributed by atoms with Gasteiger partial charge < -0.3 is 5.32 Å². The minimum absolute atomic E-state index is 0.0392. The number of rotatable bonds is 6. The van der Waals surface area contributed by atoms with E-state index < -0.39 is 32.2 Å². The molecule has 1 saturated carbocycles. The zero-order chi connectivity index (χ0) is 22.5. The number of sulfonamides is 1. The van der Waals surface area contributed by atoms with Gasteiger partial charge in [-0.1, -0.05) is 45.8 Å². The normalized spacial score (nSPS) is 16.4. The van der Waals surface area contributed by atoms with Crippen molar-refractivity contribution in [2.24, 2.45) is 0 Å². The second-order valence-electron chi connectivity index (χ2n) is 7.65. The first kappa shape index (κ1) is 23.9. The van der Waals surface area contributed by atoms with Gasteiger partial charge in [0, 0.05) is 19.7 Å². The first-order valence-corrected chi connectivity index (χ1v) is 12.1. The van der Waals surface area contributed by atoms with Crippen LogP contribution < -0.4 is 10.0 Å². The summed E-state index contributed by atoms with van der Waals surface area (Å²) in [6, 6.07) is 7.45. The molecular formula is C19H18Cl2F3IN2O2S. The van der Waals surface area contributed by atoms with E-state index in [1.807, 2.05) is 0 Å². The molecule has 1 fully saturated rings. The van der Waals surface area contributed by atoms with Gasteiger partial charge in [0.05, 0.1) is 21.2 Å². The van der Waals surface area contributed by atoms with Gasteiger partial charge in [0.2, 0.25) is 10.0 Å². The first-order chi connectivity index (χ1) is 13.6. The van der Waals surface area contributed by atoms with Crippen LogP contribution in [-0.4, -0.2) is 17.4 Å². The van der Waals surface area contributed by atoms with Gasteiger partial charge in [-0.2, -0.15) is 13.2 Å². The molecule has 3 rings (SSSR count). The summed E-state index contributed by atoms with van der Waals surface area (Å²) in [5.74, 6) is 0. The Kier molecular flexibility index (Phi) is 6.36. The van der Waals surface area contributed by atoms with E-state index in [-0.39, 0.29) is 14.1 Å². The molecule has 0 aromatic heterocycles. The molecule has 1 aliphatic rings. The highest BCUT2D eigenvalue weighted by Crippen LogP contribution is 2.53. The Morgan fingerprint density at radius 1 is 1.07 bits per heavy atom. The SMILES string of the molecule is CC(C)(NS(=O)(=O)c1ccc(Nc2ccc(Cl)cc2Cl)cc1C(F)(F)F)C1(I)CC1. The summed E-state index contributed by atoms with van der Waals surface area (Å²) in [5, 5.41) is 3.36. The summed E-state index contributed by atoms with van der Waals surface area (Å²) >= 11 is 14.0. The first-order valence-electron chi connectivity index (χ1n) is 8.81. The lowest BCUT2D eigenvalue weighted by molar-refractivity contribution is -0.139. The van der Waals surface area contributed by atoms with Crippen molar-refractivity contribution in [2.75, 3.05) is 5.32 Å². The molecular weight excluding hydrogens is 575 g/mol. The smallest absolute Gasteiger partial charge is 0.354 e. The quantitative estimate of drug-likeness (QED) is 0.287. The number of anilines is 2. The molecule has 2 aromatic rings. The molecule has 30 heavy (non-hydrogen) atoms. The van der Waals surface area contributed by atoms with Crippen molar-refractivity contribution in [3.63, 3.8) is 0 Å². The molecule has 11 heteroatoms. The van der Waals surface area contributed by atoms with E-state index in [9.17, 15) is 21.6 Å². The van der Waals surface area contributed by atoms with E-state index in [1.165, 1.54) is 24.3 Å². The maximum Gasteiger partial charge on any atom is 0.417 e. The van der Waals surface area contributed by atoms with E-state index >= 15 is 0 Å². The molecule has 0 aliphatic heterocycles. The summed E-state index contributed by atoms with van der Waals surface area (Å²) in [6.45, 7) is 3.35. The second-order valence-corrected chi connectivity index (χ2v) is 12.2. The lowest BCUT2D eigenvalue weighted by Gasteiger charge is -2.32. The fraction of sp³-hybridized carbons (Fsp3) is 0.368. The van der Waals surface area contributed by atoms with E-state index in [1.54, 1.807) is 13.8 Å². The van der Waals surface area contributed by atoms with Crippen LogP contribution in [0, 0.1) is 0 Å². The average molecular weight is 593 g/mol. The minimum atomic E-state index is -4.88. The van der Waals surface area contributed by atoms with E-state index in [4.69, 9.17) is 23.2 Å². The lowest BCUT2D eigenvalue weighted by atomic mass is 10.0. The zero-order valence-corrected chi connectivity index (χ0v) is 20.4. The molecule has 1 aliphatic carbocycles. The Bertz CT molecular complexity index is 1090. The Hall–Kier alpha value is -0.750. The van der Waals surface area contributed by atoms with Gasteiger partial charge in [0.25, 0.3) is 0 Å². The number of nitrogens with one attached hydrogen (secondary N) is 2. The van der Waals surface area contributed by atoms with Gasteiger partial charge >= 0.3 is 6.18 Å². The maximum atomic E-state index is 13.7. The molecule has 0 atom stereocenters. The molecule has 0 saturated heterocycles. The molecule has 0 radical (unpaired) electrons. The van der Waals surface area contributed by atoms with Gasteiger partial charge in [-0.3, -0.25) is 0 Å². The van der Waals surface area contributed by atoms with E-state index in [0.29, 0.717) is 10.7 Å². The average Bonchev–Trinajstić information content (AvgIpc) is 3.35. The van der Waals surface area contributed by atoms with Crippen LogP contribution in [0.5, 0.6) is 0 Å². The monoisotopic (exact) mass is 592 g/mol. The number of benzene rings is 2. The standard InChI is InChI=1S/C19H18Cl2F3IN2O2S/c1-17(2,18(25)7-8-18)27-30(28,29)16-6-4-12(10-13(16)19(22,23)24)26-15-5-3-11(20)9-14(15)21/h3-6,9-10,26-27H,7-8H2,1-2H3. The van der Waals surface area contributed by atoms with Crippen molar-refractivity contribution in [2.45, 2.75) is 46.7 Å². The van der Waals surface area contributed by atoms with Gasteiger partial charge in [-0.25, -0.2) is 13.1 Å². The second kappa shape index (κ2) is 7.99. The van der Waals surface area contributed by atoms with Crippen LogP contribution in [0.2, 0.25) is 10.0 Å². The lowest BCUT2D eigenvalue weighted by Crippen LogP contribution is -2.51. The zero-order valence-electron chi connectivity index (χ0n) is 15.9. The third-order valence-corrected chi connectivity index (χ3v) is 9.67. The molecule has 0 bridgehead atoms. The van der Waals surface area contributed by atoms with Gasteiger partial charge in [0.15, 0.2) is 0 Å². The summed E-state index contributed by atoms with van der Waals surface area (Å²) in [6.07, 6.45) is -3.29. The molecule has 4 nitrogen and oxygen atoms in total. The molecule has 0 amide bonds. The minimum Gasteiger partial charge on any atom is -0.354 e. The van der Waals surface area contributed by atoms with Gasteiger partial charge in [-0.15, -0.1) is 0 Å². The van der Waals surface area contributed by atoms with Crippen LogP contribution >= 0.6 is 45.8 Å². The largest absolute Gasteiger partial charge is 0.417 e. The molecule has 0 heterocycles. The number of alkyl halides is 4. The molecule has 2 N–H and O–H groups in total. The van der Waals surface area contributed by atoms with Crippen LogP contribution in [0.15, 0.2) is 41.3 Å². The summed E-state index contributed by atoms with van der Waals surface area (Å²) in [4.78, 5) is -0.823. The van der Waals surface area contributed by atoms with E-state index in [0.717, 1.165) is 25.0 Å². The number of halogens is 6. The molecule has 2 aromatic carbocycles. The van der Waals surface area contributed by atoms with E-state index in [2.05, 4.69) is 32.6 Å². The summed E-state index contributed by atoms with van der Waals surface area (Å²) in [5.41, 5.74) is -1.79. The Labute approximate surface area is 196 Å². The van der Waals surface area contributed by atoms with Gasteiger partial charge in [-0.05, 0) is 63.1 Å². The highest BCUT2D eigenvalue weighted by Gasteiger charge is 2.54. The Morgan fingerprint density at radius 2 is 1.70 bits per heavy atom. The predicted octanol–water partition coefficient (Wildman–Crippen LogP) is 6.78. The van der Waals surface area contributed by atoms with Crippen molar-refractivity contribution < 1.29 is 21.6 Å². The van der Waals surface area contributed by atoms with Gasteiger partial charge in [0.1, 0.15) is 0 Å². The maximum absolute atomic E-state index is 13.7. The topological polar surface area (TPSA) is 58.2 Å². The predicted molar refractivity (Wildman–Crippen MR) is 122 cm³/mol. The fourth-order valence-corrected chi connectivity index (χ4v) is 5.76. The van der Waals surface area contributed by atoms with Crippen molar-refractivity contribution in [3.05, 3.63) is 52.0 Å². The Morgan fingerprint density at radius 3 is 2.23 bits per heavy atom. The molecule has 164 valence electrons. The number of hydrogen-bond donors (Lipinski definition) is 2. The Balaban J connectivity index is 1.99. The number of hydrogen-bond acceptors (Lipinski definition) is 3. The summed E-state index contributed by atoms with van der Waals surface area (Å²) < 4.78 is 69.1. The van der Waals surface area contributed by atoms with Crippen LogP contribution in [0.4, 0.5) is 24.5 Å².